The van der Waals surface area contributed by atoms with Gasteiger partial charge in [-0.25, -0.2) is 4.79 Å². The average molecular weight is 453 g/mol. The molecule has 6 nitrogen and oxygen atoms in total. The summed E-state index contributed by atoms with van der Waals surface area (Å²) in [6.45, 7) is 7.66. The van der Waals surface area contributed by atoms with Crippen molar-refractivity contribution in [3.63, 3.8) is 0 Å². The molecule has 2 fully saturated rings. The van der Waals surface area contributed by atoms with Crippen LogP contribution in [0.2, 0.25) is 0 Å². The van der Waals surface area contributed by atoms with Crippen LogP contribution in [0.15, 0.2) is 53.6 Å². The van der Waals surface area contributed by atoms with Crippen LogP contribution in [-0.2, 0) is 9.53 Å². The van der Waals surface area contributed by atoms with Crippen molar-refractivity contribution >= 4 is 11.8 Å². The van der Waals surface area contributed by atoms with E-state index in [2.05, 4.69) is 13.8 Å². The van der Waals surface area contributed by atoms with Crippen molar-refractivity contribution in [2.24, 2.45) is 34.5 Å². The maximum Gasteiger partial charge on any atom is 0.338 e. The summed E-state index contributed by atoms with van der Waals surface area (Å²) in [4.78, 5) is 26.7. The van der Waals surface area contributed by atoms with E-state index in [0.29, 0.717) is 17.1 Å². The molecule has 5 rings (SSSR count). The molecule has 8 atom stereocenters. The Morgan fingerprint density at radius 2 is 1.82 bits per heavy atom. The Morgan fingerprint density at radius 1 is 1.15 bits per heavy atom. The number of esters is 1. The van der Waals surface area contributed by atoms with Crippen molar-refractivity contribution < 1.29 is 29.6 Å². The molecular formula is C27H32O6. The van der Waals surface area contributed by atoms with Crippen molar-refractivity contribution in [3.8, 4) is 0 Å². The van der Waals surface area contributed by atoms with Gasteiger partial charge in [0.2, 0.25) is 0 Å². The fourth-order valence-electron chi connectivity index (χ4n) is 7.22. The van der Waals surface area contributed by atoms with Gasteiger partial charge >= 0.3 is 5.97 Å². The lowest BCUT2D eigenvalue weighted by atomic mass is 9.59. The van der Waals surface area contributed by atoms with E-state index in [1.165, 1.54) is 0 Å². The van der Waals surface area contributed by atoms with Crippen LogP contribution in [0.3, 0.4) is 0 Å². The van der Waals surface area contributed by atoms with Crippen LogP contribution in [0.5, 0.6) is 0 Å². The summed E-state index contributed by atoms with van der Waals surface area (Å²) in [5.74, 6) is -1.13. The van der Waals surface area contributed by atoms with Gasteiger partial charge in [-0.2, -0.15) is 0 Å². The van der Waals surface area contributed by atoms with Crippen LogP contribution in [0.1, 0.15) is 44.5 Å². The fourth-order valence-corrected chi connectivity index (χ4v) is 7.22. The zero-order chi connectivity index (χ0) is 23.9. The third-order valence-electron chi connectivity index (χ3n) is 9.13. The smallest absolute Gasteiger partial charge is 0.338 e. The van der Waals surface area contributed by atoms with Crippen LogP contribution in [0.25, 0.3) is 0 Å². The highest BCUT2D eigenvalue weighted by molar-refractivity contribution is 5.95. The highest BCUT2D eigenvalue weighted by Crippen LogP contribution is 2.71. The number of carbonyl (C=O) groups excluding carboxylic acids is 2. The quantitative estimate of drug-likeness (QED) is 0.481. The van der Waals surface area contributed by atoms with Crippen molar-refractivity contribution in [2.75, 3.05) is 6.61 Å². The molecule has 6 heteroatoms. The largest absolute Gasteiger partial charge is 0.457 e. The Labute approximate surface area is 194 Å². The van der Waals surface area contributed by atoms with Gasteiger partial charge in [-0.05, 0) is 59.8 Å². The number of hydrogen-bond donors (Lipinski definition) is 3. The Balaban J connectivity index is 1.58. The number of benzene rings is 1. The Morgan fingerprint density at radius 3 is 2.48 bits per heavy atom. The Kier molecular flexibility index (Phi) is 4.85. The van der Waals surface area contributed by atoms with Crippen LogP contribution >= 0.6 is 0 Å². The second-order valence-electron chi connectivity index (χ2n) is 11.1. The molecular weight excluding hydrogens is 420 g/mol. The van der Waals surface area contributed by atoms with E-state index in [9.17, 15) is 24.9 Å². The number of allylic oxidation sites excluding steroid dienone is 1. The zero-order valence-corrected chi connectivity index (χ0v) is 19.5. The molecule has 0 heterocycles. The predicted octanol–water partition coefficient (Wildman–Crippen LogP) is 2.68. The maximum absolute atomic E-state index is 14.2. The molecule has 176 valence electrons. The van der Waals surface area contributed by atoms with Gasteiger partial charge < -0.3 is 20.1 Å². The topological polar surface area (TPSA) is 104 Å². The van der Waals surface area contributed by atoms with Crippen molar-refractivity contribution in [2.45, 2.75) is 51.9 Å². The van der Waals surface area contributed by atoms with Gasteiger partial charge in [-0.1, -0.05) is 51.1 Å². The summed E-state index contributed by atoms with van der Waals surface area (Å²) in [6, 6.07) is 8.53. The van der Waals surface area contributed by atoms with Crippen LogP contribution < -0.4 is 0 Å². The number of ether oxygens (including phenoxy) is 1. The van der Waals surface area contributed by atoms with Crippen molar-refractivity contribution in [1.29, 1.82) is 0 Å². The fraction of sp³-hybridized carbons (Fsp3) is 0.556. The molecule has 4 aliphatic carbocycles. The highest BCUT2D eigenvalue weighted by atomic mass is 16.5. The second kappa shape index (κ2) is 7.11. The molecule has 4 aliphatic rings. The molecule has 1 unspecified atom stereocenters. The van der Waals surface area contributed by atoms with Gasteiger partial charge in [-0.15, -0.1) is 0 Å². The standard InChI is InChI=1S/C27H32O6/c1-14-12-26-15(2)10-19-20(25(19,3)4)18(23(26)30)11-17(22(29)27(26,32)21(14)28)13-33-24(31)16-8-6-5-7-9-16/h5-9,11-12,15,18-22,28-29,32H,10,13H2,1-4H3/t15-,18+,19-,20+,21+,22-,26?,27-/m1/s1. The highest BCUT2D eigenvalue weighted by Gasteiger charge is 2.75. The minimum atomic E-state index is -2.12. The monoisotopic (exact) mass is 452 g/mol. The molecule has 33 heavy (non-hydrogen) atoms. The minimum Gasteiger partial charge on any atom is -0.457 e. The van der Waals surface area contributed by atoms with Gasteiger partial charge in [0.05, 0.1) is 11.0 Å². The van der Waals surface area contributed by atoms with E-state index in [1.807, 2.05) is 6.92 Å². The first-order valence-electron chi connectivity index (χ1n) is 11.7. The molecule has 2 bridgehead atoms. The number of ketones is 1. The number of hydrogen-bond acceptors (Lipinski definition) is 6. The van der Waals surface area contributed by atoms with Crippen molar-refractivity contribution in [1.82, 2.24) is 0 Å². The van der Waals surface area contributed by atoms with Gasteiger partial charge in [0, 0.05) is 5.92 Å². The minimum absolute atomic E-state index is 0.0398. The maximum atomic E-state index is 14.2. The normalized spacial score (nSPS) is 42.8. The zero-order valence-electron chi connectivity index (χ0n) is 19.5. The van der Waals surface area contributed by atoms with Gasteiger partial charge in [0.25, 0.3) is 0 Å². The van der Waals surface area contributed by atoms with Gasteiger partial charge in [0.1, 0.15) is 24.4 Å². The molecule has 0 saturated heterocycles. The van der Waals surface area contributed by atoms with E-state index >= 15 is 0 Å². The SMILES string of the molecule is CC1=CC23C(=O)[C@@H](C=C(COC(=O)c4ccccc4)[C@@H](O)[C@]2(O)[C@H]1O)[C@H]1[C@@H](C[C@H]3C)C1(C)C. The van der Waals surface area contributed by atoms with Crippen LogP contribution in [0, 0.1) is 34.5 Å². The molecule has 1 spiro atoms. The first-order valence-corrected chi connectivity index (χ1v) is 11.7. The van der Waals surface area contributed by atoms with Gasteiger partial charge in [-0.3, -0.25) is 4.79 Å². The number of aliphatic hydroxyl groups excluding tert-OH is 2. The lowest BCUT2D eigenvalue weighted by Gasteiger charge is -2.48. The lowest BCUT2D eigenvalue weighted by Crippen LogP contribution is -2.65. The van der Waals surface area contributed by atoms with E-state index in [-0.39, 0.29) is 35.2 Å². The Hall–Kier alpha value is -2.28. The number of Topliss-reactive ketones (excluding diaryl/α,β-unsaturated/α-hetero) is 1. The summed E-state index contributed by atoms with van der Waals surface area (Å²) in [6.07, 6.45) is 1.19. The number of fused-ring (bicyclic) bond motifs is 3. The first kappa shape index (κ1) is 22.5. The molecule has 1 aromatic carbocycles. The third-order valence-corrected chi connectivity index (χ3v) is 9.13. The number of carbonyl (C=O) groups is 2. The third kappa shape index (κ3) is 2.77. The van der Waals surface area contributed by atoms with Gasteiger partial charge in [0.15, 0.2) is 5.78 Å². The summed E-state index contributed by atoms with van der Waals surface area (Å²) in [7, 11) is 0. The molecule has 0 aliphatic heterocycles. The van der Waals surface area contributed by atoms with E-state index in [1.54, 1.807) is 49.4 Å². The summed E-state index contributed by atoms with van der Waals surface area (Å²) < 4.78 is 5.50. The van der Waals surface area contributed by atoms with Crippen LogP contribution in [-0.4, -0.2) is 51.5 Å². The molecule has 0 radical (unpaired) electrons. The van der Waals surface area contributed by atoms with Crippen molar-refractivity contribution in [3.05, 3.63) is 59.2 Å². The molecule has 1 aromatic rings. The second-order valence-corrected chi connectivity index (χ2v) is 11.1. The summed E-state index contributed by atoms with van der Waals surface area (Å²) in [5, 5.41) is 34.6. The lowest BCUT2D eigenvalue weighted by molar-refractivity contribution is -0.190. The predicted molar refractivity (Wildman–Crippen MR) is 121 cm³/mol. The molecule has 2 saturated carbocycles. The van der Waals surface area contributed by atoms with E-state index in [4.69, 9.17) is 4.74 Å². The molecule has 0 aromatic heterocycles. The average Bonchev–Trinajstić information content (AvgIpc) is 3.29. The van der Waals surface area contributed by atoms with Crippen LogP contribution in [0.4, 0.5) is 0 Å². The van der Waals surface area contributed by atoms with E-state index < -0.39 is 35.1 Å². The molecule has 0 amide bonds. The Bertz CT molecular complexity index is 1070. The first-order chi connectivity index (χ1) is 15.5. The number of rotatable bonds is 3. The molecule has 3 N–H and O–H groups in total. The summed E-state index contributed by atoms with van der Waals surface area (Å²) in [5.41, 5.74) is -2.44. The van der Waals surface area contributed by atoms with E-state index in [0.717, 1.165) is 6.42 Å². The summed E-state index contributed by atoms with van der Waals surface area (Å²) >= 11 is 0. The number of aliphatic hydroxyl groups is 3.